The van der Waals surface area contributed by atoms with Crippen LogP contribution in [0.2, 0.25) is 0 Å². The summed E-state index contributed by atoms with van der Waals surface area (Å²) in [4.78, 5) is 116. The molecule has 0 radical (unpaired) electrons. The predicted octanol–water partition coefficient (Wildman–Crippen LogP) is 10.4. The number of aromatic nitrogens is 15. The smallest absolute Gasteiger partial charge is 0.338 e. The summed E-state index contributed by atoms with van der Waals surface area (Å²) in [7, 11) is 0. The molecule has 47 heteroatoms. The van der Waals surface area contributed by atoms with Gasteiger partial charge in [-0.2, -0.15) is 5.26 Å². The number of aromatic amines is 1. The number of ether oxygens (including phenoxy) is 9. The summed E-state index contributed by atoms with van der Waals surface area (Å²) in [5.74, 6) is 0.746. The number of nitrogen functional groups attached to an aromatic ring is 5. The first-order valence-electron chi connectivity index (χ1n) is 44.4. The zero-order chi connectivity index (χ0) is 102. The summed E-state index contributed by atoms with van der Waals surface area (Å²) in [6, 6.07) is 28.5. The molecule has 19 N–H and O–H groups in total. The first kappa shape index (κ1) is 104. The van der Waals surface area contributed by atoms with Crippen LogP contribution in [-0.4, -0.2) is 226 Å². The Morgan fingerprint density at radius 1 is 0.461 bits per heavy atom. The Labute approximate surface area is 822 Å². The fraction of sp³-hybridized carbons (Fsp3) is 0.394. The number of nitriles is 1. The number of esters is 4. The number of H-pyrrole nitrogens is 1. The van der Waals surface area contributed by atoms with Crippen molar-refractivity contribution in [1.82, 2.24) is 73.1 Å². The Morgan fingerprint density at radius 2 is 0.816 bits per heavy atom. The number of primary amides is 1. The lowest BCUT2D eigenvalue weighted by Crippen LogP contribution is -2.34. The van der Waals surface area contributed by atoms with Gasteiger partial charge in [-0.05, 0) is 122 Å². The van der Waals surface area contributed by atoms with Crippen LogP contribution in [0.15, 0.2) is 119 Å². The molecule has 18 rings (SSSR count). The zero-order valence-corrected chi connectivity index (χ0v) is 81.3. The molecule has 738 valence electrons. The van der Waals surface area contributed by atoms with Crippen molar-refractivity contribution >= 4 is 163 Å². The number of aliphatic hydroxyl groups is 6. The number of halogens is 2. The van der Waals surface area contributed by atoms with Crippen molar-refractivity contribution in [1.29, 1.82) is 5.26 Å². The van der Waals surface area contributed by atoms with Gasteiger partial charge in [0.2, 0.25) is 23.4 Å². The number of nitrogens with two attached hydrogens (primary N) is 6. The summed E-state index contributed by atoms with van der Waals surface area (Å²) < 4.78 is 59.1. The van der Waals surface area contributed by atoms with E-state index in [-0.39, 0.29) is 81.6 Å². The second-order valence-corrected chi connectivity index (χ2v) is 35.0. The molecular formula is C94H103Br2N25O20. The lowest BCUT2D eigenvalue weighted by molar-refractivity contribution is -0.186. The van der Waals surface area contributed by atoms with Gasteiger partial charge < -0.3 is 126 Å². The first-order chi connectivity index (χ1) is 67.3. The van der Waals surface area contributed by atoms with Gasteiger partial charge in [0.15, 0.2) is 43.2 Å². The van der Waals surface area contributed by atoms with Gasteiger partial charge in [0.25, 0.3) is 5.91 Å². The Hall–Kier alpha value is -14.4. The minimum absolute atomic E-state index is 0.0352. The van der Waals surface area contributed by atoms with Gasteiger partial charge in [0, 0.05) is 43.3 Å². The topological polar surface area (TPSA) is 647 Å². The van der Waals surface area contributed by atoms with Gasteiger partial charge in [-0.25, -0.2) is 78.8 Å². The first-order valence-corrected chi connectivity index (χ1v) is 46.0. The molecule has 13 aromatic rings. The molecule has 20 atom stereocenters. The molecule has 1 unspecified atom stereocenters. The molecule has 0 saturated carbocycles. The van der Waals surface area contributed by atoms with E-state index in [1.165, 1.54) is 28.5 Å². The third-order valence-electron chi connectivity index (χ3n) is 24.2. The van der Waals surface area contributed by atoms with Crippen molar-refractivity contribution in [3.8, 4) is 6.07 Å². The number of hydrogen-bond acceptors (Lipinski definition) is 36. The largest absolute Gasteiger partial charge is 0.454 e. The van der Waals surface area contributed by atoms with Crippen LogP contribution in [0.3, 0.4) is 0 Å². The van der Waals surface area contributed by atoms with Crippen LogP contribution in [0.4, 0.5) is 46.2 Å². The van der Waals surface area contributed by atoms with Crippen molar-refractivity contribution < 1.29 is 97.2 Å². The lowest BCUT2D eigenvalue weighted by Gasteiger charge is -2.24. The van der Waals surface area contributed by atoms with Crippen molar-refractivity contribution in [2.24, 2.45) is 23.5 Å². The number of nitrogens with zero attached hydrogens (tertiary/aromatic N) is 18. The maximum absolute atomic E-state index is 12.8. The van der Waals surface area contributed by atoms with Crippen LogP contribution < -0.4 is 34.4 Å². The number of carbonyl (C=O) groups excluding carboxylic acids is 5. The molecule has 1 amide bonds. The molecule has 0 spiro atoms. The lowest BCUT2D eigenvalue weighted by atomic mass is 9.98. The Morgan fingerprint density at radius 3 is 1.21 bits per heavy atom. The van der Waals surface area contributed by atoms with Crippen molar-refractivity contribution in [2.75, 3.05) is 41.9 Å². The highest BCUT2D eigenvalue weighted by molar-refractivity contribution is 9.10. The van der Waals surface area contributed by atoms with Crippen LogP contribution in [0.5, 0.6) is 0 Å². The number of rotatable bonds is 17. The molecule has 3 aromatic carbocycles. The number of carbonyl (C=O) groups is 5. The highest BCUT2D eigenvalue weighted by Gasteiger charge is 2.51. The Kier molecular flexibility index (Phi) is 32.7. The van der Waals surface area contributed by atoms with E-state index < -0.39 is 129 Å². The highest BCUT2D eigenvalue weighted by Crippen LogP contribution is 2.49. The quantitative estimate of drug-likeness (QED) is 0.0229. The molecule has 5 aliphatic heterocycles. The van der Waals surface area contributed by atoms with E-state index in [2.05, 4.69) is 101 Å². The molecule has 0 bridgehead atoms. The van der Waals surface area contributed by atoms with Gasteiger partial charge in [0.1, 0.15) is 134 Å². The molecule has 10 aromatic heterocycles. The van der Waals surface area contributed by atoms with Crippen molar-refractivity contribution in [3.05, 3.63) is 210 Å². The van der Waals surface area contributed by atoms with Crippen LogP contribution in [0, 0.1) is 83.4 Å². The van der Waals surface area contributed by atoms with Gasteiger partial charge in [-0.1, -0.05) is 96.1 Å². The number of hydrogen-bond donors (Lipinski definition) is 13. The SMILES string of the molecule is CC[C@H]1OC(OC(C)=O)[C@H](OC(=O)c2ccccc2)[C@@H]1C.Cc1nc(N)c2c(C#N)c(Br)[nH]c2n1.Cc1nc(N)c2c(C(N)=O)cn([C@@H]3O[C@H](CO)[C@@H](O)[C@H]3O)c2n1.[C-]#[N+]c1c(Br)n([C@@H]2O[C@H](CC)[C@@H](C)[C@H]2OC(=O)c2ccccc2)c2nc(C)nc(N)c12.[C-]#[N+]c1cn([C@@H]2O[C@H](CC)[C@@H](C)[C@H]2OC(=O)c2ccccc2)c2nc(C)nc(N)c12.[C-]#[N+]c1cn([C@@H]2O[C@H](CO)[C@@H](O)[C@H]2O)c2nc(C)nc(N)c12. The second kappa shape index (κ2) is 44.4. The van der Waals surface area contributed by atoms with E-state index in [4.69, 9.17) is 102 Å². The Balaban J connectivity index is 0.000000144. The number of aryl methyl sites for hydroxylation is 5. The van der Waals surface area contributed by atoms with Gasteiger partial charge in [-0.3, -0.25) is 14.2 Å². The molecule has 15 heterocycles. The minimum atomic E-state index is -1.32. The maximum Gasteiger partial charge on any atom is 0.338 e. The fourth-order valence-electron chi connectivity index (χ4n) is 17.3. The number of nitrogens with one attached hydrogen (secondary N) is 1. The summed E-state index contributed by atoms with van der Waals surface area (Å²) >= 11 is 6.76. The minimum Gasteiger partial charge on any atom is -0.454 e. The van der Waals surface area contributed by atoms with E-state index in [0.29, 0.717) is 122 Å². The average molecular weight is 2060 g/mol. The molecule has 5 saturated heterocycles. The van der Waals surface area contributed by atoms with Crippen LogP contribution in [0.1, 0.15) is 169 Å². The Bertz CT molecular complexity index is 7020. The van der Waals surface area contributed by atoms with E-state index in [1.54, 1.807) is 123 Å². The molecule has 45 nitrogen and oxygen atoms in total. The summed E-state index contributed by atoms with van der Waals surface area (Å²) in [5, 5.41) is 69.4. The van der Waals surface area contributed by atoms with E-state index in [9.17, 15) is 54.6 Å². The molecule has 5 fully saturated rings. The standard InChI is InChI=1S/C22H22BrN5O3.C22H23N5O3.C16H20O5.C13H17N5O5.C13H15N5O4.C8H6BrN5/c1-5-14-11(2)17(31-22(29)13-9-7-6-8-10-13)21(30-14)28-18(23)16(25-4)15-19(24)26-12(3)27-20(15)28;1-5-16-12(2)18(30-22(28)14-9-7-6-8-10-14)21(29-16)27-11-15(24-4)17-19(23)25-13(3)26-20(17)27;1-4-13-10(2)14(16(20-13)19-11(3)17)21-15(18)12-8-6-5-7-9-12;1-4-16-10(14)7-5(11(15)22)2-18(12(7)17-4)13-9(21)8(20)6(3-19)23-13;1-5-16-11(14)8-6(15-2)3-18(12(8)17-5)13-10(21)9(20)7(4-19)22-13;1-3-12-7(11)5-4(2-10)6(9)14-8(5)13-3/h6-11,14,17,21H,5H2,1-3H3,(H2,24,26,27);6-12,16,18,21H,5H2,1-3H3,(H2,23,25,26);5-10,13-14,16H,4H2,1-3H3;2,6,8-9,13,19-21H,3H2,1H3,(H2,15,22)(H2,14,16,17);3,7,9-10,13,19-21H,4H2,1H3,(H2,14,16,17);1H3,(H3,11,12,13,14)/t11-,14-,17-,21-;12-,16-,18-,21-;10-,13-,14-,16?;6-,8-,9-,13-;7-,9-,10-,13-;/m11111./s1. The third kappa shape index (κ3) is 21.4. The van der Waals surface area contributed by atoms with Crippen molar-refractivity contribution in [3.63, 3.8) is 0 Å². The van der Waals surface area contributed by atoms with Gasteiger partial charge in [-0.15, -0.1) is 0 Å². The number of fused-ring (bicyclic) bond motifs is 5. The van der Waals surface area contributed by atoms with Gasteiger partial charge >= 0.3 is 23.9 Å². The van der Waals surface area contributed by atoms with E-state index >= 15 is 0 Å². The number of benzene rings is 3. The van der Waals surface area contributed by atoms with Crippen molar-refractivity contribution in [2.45, 2.75) is 207 Å². The summed E-state index contributed by atoms with van der Waals surface area (Å²) in [5.41, 5.74) is 39.9. The van der Waals surface area contributed by atoms with E-state index in [0.717, 1.165) is 19.3 Å². The second-order valence-electron chi connectivity index (χ2n) is 33.5. The number of anilines is 5. The number of amides is 1. The van der Waals surface area contributed by atoms with Gasteiger partial charge in [0.05, 0.1) is 111 Å². The monoisotopic (exact) mass is 2060 g/mol. The predicted molar refractivity (Wildman–Crippen MR) is 517 cm³/mol. The molecule has 5 aliphatic rings. The third-order valence-corrected chi connectivity index (χ3v) is 25.6. The van der Waals surface area contributed by atoms with Crippen LogP contribution in [-0.2, 0) is 47.4 Å². The highest BCUT2D eigenvalue weighted by atomic mass is 79.9. The summed E-state index contributed by atoms with van der Waals surface area (Å²) in [6.07, 6.45) is -6.43. The fourth-order valence-corrected chi connectivity index (χ4v) is 18.5. The summed E-state index contributed by atoms with van der Waals surface area (Å²) in [6.45, 7) is 43.3. The number of aliphatic hydroxyl groups excluding tert-OH is 6. The van der Waals surface area contributed by atoms with E-state index in [1.807, 2.05) is 65.8 Å². The van der Waals surface area contributed by atoms with Crippen LogP contribution in [0.25, 0.3) is 69.7 Å². The average Bonchev–Trinajstić information content (AvgIpc) is 1.58. The maximum atomic E-state index is 12.8. The molecule has 141 heavy (non-hydrogen) atoms. The molecule has 0 aliphatic carbocycles. The van der Waals surface area contributed by atoms with Crippen LogP contribution >= 0.6 is 31.9 Å². The zero-order valence-electron chi connectivity index (χ0n) is 78.1. The molecular weight excluding hydrogens is 1960 g/mol. The normalized spacial score (nSPS) is 24.2.